The molecule has 2 aromatic rings. The number of nitrogens with two attached hydrogens (primary N) is 1. The summed E-state index contributed by atoms with van der Waals surface area (Å²) >= 11 is 6.03. The van der Waals surface area contributed by atoms with Crippen molar-refractivity contribution in [3.8, 4) is 0 Å². The van der Waals surface area contributed by atoms with E-state index in [4.69, 9.17) is 16.7 Å². The molecule has 138 valence electrons. The predicted octanol–water partition coefficient (Wildman–Crippen LogP) is 1.62. The maximum absolute atomic E-state index is 12.6. The number of nitrogens with zero attached hydrogens (tertiary/aromatic N) is 1. The lowest BCUT2D eigenvalue weighted by molar-refractivity contribution is 0.0784. The fraction of sp³-hybridized carbons (Fsp3) is 0.176. The number of amides is 2. The standard InChI is InChI=1S/C17H18ClN3O4S/c1-20-16(22)12-5-3-11(4-6-12)10-21(2)17(23)14-9-13(26(19,24)25)7-8-15(14)18/h3-9H,10H2,1-2H3,(H,20,22)(H2,19,24,25). The minimum absolute atomic E-state index is 0.0441. The van der Waals surface area contributed by atoms with Gasteiger partial charge in [0.15, 0.2) is 0 Å². The molecule has 0 fully saturated rings. The first-order valence-electron chi connectivity index (χ1n) is 7.52. The Morgan fingerprint density at radius 1 is 1.15 bits per heavy atom. The van der Waals surface area contributed by atoms with Gasteiger partial charge >= 0.3 is 0 Å². The maximum atomic E-state index is 12.6. The van der Waals surface area contributed by atoms with Gasteiger partial charge in [-0.2, -0.15) is 0 Å². The summed E-state index contributed by atoms with van der Waals surface area (Å²) in [7, 11) is -0.835. The number of sulfonamides is 1. The molecule has 0 spiro atoms. The van der Waals surface area contributed by atoms with Crippen LogP contribution in [0.2, 0.25) is 5.02 Å². The average molecular weight is 396 g/mol. The summed E-state index contributed by atoms with van der Waals surface area (Å²) in [6, 6.07) is 10.5. The molecule has 0 bridgehead atoms. The van der Waals surface area contributed by atoms with Crippen LogP contribution in [0.1, 0.15) is 26.3 Å². The van der Waals surface area contributed by atoms with E-state index < -0.39 is 15.9 Å². The van der Waals surface area contributed by atoms with Crippen LogP contribution in [0.4, 0.5) is 0 Å². The lowest BCUT2D eigenvalue weighted by Gasteiger charge is -2.18. The van der Waals surface area contributed by atoms with Crippen molar-refractivity contribution in [2.75, 3.05) is 14.1 Å². The molecule has 0 saturated heterocycles. The van der Waals surface area contributed by atoms with Gasteiger partial charge in [-0.15, -0.1) is 0 Å². The largest absolute Gasteiger partial charge is 0.355 e. The summed E-state index contributed by atoms with van der Waals surface area (Å²) in [5.41, 5.74) is 1.35. The van der Waals surface area contributed by atoms with Gasteiger partial charge in [-0.25, -0.2) is 13.6 Å². The van der Waals surface area contributed by atoms with E-state index in [1.54, 1.807) is 38.4 Å². The second-order valence-electron chi connectivity index (χ2n) is 5.62. The normalized spacial score (nSPS) is 11.1. The molecule has 2 amide bonds. The highest BCUT2D eigenvalue weighted by atomic mass is 35.5. The Labute approximate surface area is 156 Å². The molecular formula is C17H18ClN3O4S. The molecule has 3 N–H and O–H groups in total. The second-order valence-corrected chi connectivity index (χ2v) is 7.59. The Kier molecular flexibility index (Phi) is 6.01. The summed E-state index contributed by atoms with van der Waals surface area (Å²) < 4.78 is 22.9. The predicted molar refractivity (Wildman–Crippen MR) is 98.5 cm³/mol. The van der Waals surface area contributed by atoms with Crippen molar-refractivity contribution in [1.29, 1.82) is 0 Å². The highest BCUT2D eigenvalue weighted by Crippen LogP contribution is 2.22. The molecule has 0 saturated carbocycles. The summed E-state index contributed by atoms with van der Waals surface area (Å²) in [6.45, 7) is 0.253. The smallest absolute Gasteiger partial charge is 0.255 e. The zero-order valence-electron chi connectivity index (χ0n) is 14.2. The second kappa shape index (κ2) is 7.86. The van der Waals surface area contributed by atoms with E-state index in [1.165, 1.54) is 17.0 Å². The fourth-order valence-corrected chi connectivity index (χ4v) is 3.04. The quantitative estimate of drug-likeness (QED) is 0.801. The summed E-state index contributed by atoms with van der Waals surface area (Å²) in [4.78, 5) is 25.4. The number of primary sulfonamides is 1. The van der Waals surface area contributed by atoms with Crippen molar-refractivity contribution in [1.82, 2.24) is 10.2 Å². The first-order chi connectivity index (χ1) is 12.1. The first kappa shape index (κ1) is 19.9. The Morgan fingerprint density at radius 2 is 1.77 bits per heavy atom. The van der Waals surface area contributed by atoms with Gasteiger partial charge in [-0.05, 0) is 35.9 Å². The Balaban J connectivity index is 2.21. The summed E-state index contributed by atoms with van der Waals surface area (Å²) in [5, 5.41) is 7.75. The van der Waals surface area contributed by atoms with Gasteiger partial charge in [0.05, 0.1) is 15.5 Å². The molecule has 2 rings (SSSR count). The molecule has 0 atom stereocenters. The molecule has 0 aliphatic rings. The van der Waals surface area contributed by atoms with Crippen molar-refractivity contribution in [3.63, 3.8) is 0 Å². The highest BCUT2D eigenvalue weighted by molar-refractivity contribution is 7.89. The lowest BCUT2D eigenvalue weighted by Crippen LogP contribution is -2.27. The number of halogens is 1. The van der Waals surface area contributed by atoms with Crippen LogP contribution in [0.5, 0.6) is 0 Å². The van der Waals surface area contributed by atoms with Gasteiger partial charge in [-0.1, -0.05) is 23.7 Å². The third kappa shape index (κ3) is 4.60. The van der Waals surface area contributed by atoms with Crippen molar-refractivity contribution in [2.45, 2.75) is 11.4 Å². The van der Waals surface area contributed by atoms with Gasteiger partial charge in [0, 0.05) is 26.2 Å². The minimum Gasteiger partial charge on any atom is -0.355 e. The molecule has 9 heteroatoms. The topological polar surface area (TPSA) is 110 Å². The molecule has 0 aliphatic heterocycles. The molecule has 0 unspecified atom stereocenters. The van der Waals surface area contributed by atoms with Crippen LogP contribution >= 0.6 is 11.6 Å². The number of hydrogen-bond donors (Lipinski definition) is 2. The minimum atomic E-state index is -3.94. The zero-order valence-corrected chi connectivity index (χ0v) is 15.8. The third-order valence-electron chi connectivity index (χ3n) is 3.71. The van der Waals surface area contributed by atoms with Crippen molar-refractivity contribution in [3.05, 3.63) is 64.2 Å². The molecule has 0 radical (unpaired) electrons. The fourth-order valence-electron chi connectivity index (χ4n) is 2.30. The number of benzene rings is 2. The van der Waals surface area contributed by atoms with Crippen LogP contribution in [0.25, 0.3) is 0 Å². The van der Waals surface area contributed by atoms with E-state index in [1.807, 2.05) is 0 Å². The van der Waals surface area contributed by atoms with Crippen molar-refractivity contribution >= 4 is 33.4 Å². The van der Waals surface area contributed by atoms with Crippen molar-refractivity contribution < 1.29 is 18.0 Å². The Hall–Kier alpha value is -2.42. The SMILES string of the molecule is CNC(=O)c1ccc(CN(C)C(=O)c2cc(S(N)(=O)=O)ccc2Cl)cc1. The number of rotatable bonds is 5. The number of hydrogen-bond acceptors (Lipinski definition) is 4. The number of nitrogens with one attached hydrogen (secondary N) is 1. The summed E-state index contributed by atoms with van der Waals surface area (Å²) in [6.07, 6.45) is 0. The van der Waals surface area contributed by atoms with Crippen LogP contribution in [0.15, 0.2) is 47.4 Å². The Morgan fingerprint density at radius 3 is 2.31 bits per heavy atom. The van der Waals surface area contributed by atoms with Crippen LogP contribution in [0, 0.1) is 0 Å². The van der Waals surface area contributed by atoms with Gasteiger partial charge < -0.3 is 10.2 Å². The highest BCUT2D eigenvalue weighted by Gasteiger charge is 2.19. The molecule has 26 heavy (non-hydrogen) atoms. The zero-order chi connectivity index (χ0) is 19.5. The van der Waals surface area contributed by atoms with Crippen molar-refractivity contribution in [2.24, 2.45) is 5.14 Å². The van der Waals surface area contributed by atoms with Gasteiger partial charge in [0.25, 0.3) is 11.8 Å². The van der Waals surface area contributed by atoms with Crippen LogP contribution in [-0.2, 0) is 16.6 Å². The van der Waals surface area contributed by atoms with Crippen LogP contribution in [-0.4, -0.2) is 39.2 Å². The lowest BCUT2D eigenvalue weighted by atomic mass is 10.1. The van der Waals surface area contributed by atoms with E-state index in [-0.39, 0.29) is 27.9 Å². The molecule has 7 nitrogen and oxygen atoms in total. The molecular weight excluding hydrogens is 378 g/mol. The van der Waals surface area contributed by atoms with Crippen LogP contribution in [0.3, 0.4) is 0 Å². The monoisotopic (exact) mass is 395 g/mol. The van der Waals surface area contributed by atoms with E-state index in [0.717, 1.165) is 11.6 Å². The average Bonchev–Trinajstić information content (AvgIpc) is 2.60. The number of carbonyl (C=O) groups excluding carboxylic acids is 2. The van der Waals surface area contributed by atoms with Crippen LogP contribution < -0.4 is 10.5 Å². The molecule has 0 aromatic heterocycles. The first-order valence-corrected chi connectivity index (χ1v) is 9.44. The molecule has 0 aliphatic carbocycles. The molecule has 0 heterocycles. The molecule has 2 aromatic carbocycles. The number of carbonyl (C=O) groups is 2. The van der Waals surface area contributed by atoms with Gasteiger partial charge in [0.1, 0.15) is 0 Å². The van der Waals surface area contributed by atoms with E-state index in [2.05, 4.69) is 5.32 Å². The van der Waals surface area contributed by atoms with Gasteiger partial charge in [-0.3, -0.25) is 9.59 Å². The van der Waals surface area contributed by atoms with E-state index in [9.17, 15) is 18.0 Å². The third-order valence-corrected chi connectivity index (χ3v) is 4.95. The van der Waals surface area contributed by atoms with E-state index in [0.29, 0.717) is 5.56 Å². The maximum Gasteiger partial charge on any atom is 0.255 e. The summed E-state index contributed by atoms with van der Waals surface area (Å²) in [5.74, 6) is -0.650. The van der Waals surface area contributed by atoms with E-state index >= 15 is 0 Å². The van der Waals surface area contributed by atoms with Gasteiger partial charge in [0.2, 0.25) is 10.0 Å². The Bertz CT molecular complexity index is 943.